The Morgan fingerprint density at radius 3 is 2.43 bits per heavy atom. The lowest BCUT2D eigenvalue weighted by atomic mass is 10.1. The van der Waals surface area contributed by atoms with Crippen LogP contribution in [0.1, 0.15) is 28.9 Å². The molecule has 0 saturated carbocycles. The zero-order valence-corrected chi connectivity index (χ0v) is 15.4. The standard InChI is InChI=1S/C17H17BrClNO3/c1-10(20-17(21)11-5-4-6-12(19)7-11)13-8-15(22-2)16(23-3)9-14(13)18/h4-10H,1-3H3,(H,20,21). The number of methoxy groups -OCH3 is 2. The average molecular weight is 399 g/mol. The van der Waals surface area contributed by atoms with Crippen LogP contribution in [0.3, 0.4) is 0 Å². The molecule has 6 heteroatoms. The quantitative estimate of drug-likeness (QED) is 0.800. The number of ether oxygens (including phenoxy) is 2. The van der Waals surface area contributed by atoms with Gasteiger partial charge in [-0.05, 0) is 42.8 Å². The first-order valence-corrected chi connectivity index (χ1v) is 8.11. The van der Waals surface area contributed by atoms with E-state index in [1.165, 1.54) is 0 Å². The summed E-state index contributed by atoms with van der Waals surface area (Å²) in [6, 6.07) is 10.3. The number of rotatable bonds is 5. The van der Waals surface area contributed by atoms with Crippen LogP contribution in [0.15, 0.2) is 40.9 Å². The first kappa shape index (κ1) is 17.6. The summed E-state index contributed by atoms with van der Waals surface area (Å²) in [5.74, 6) is 1.03. The second-order valence-corrected chi connectivity index (χ2v) is 6.22. The zero-order valence-electron chi connectivity index (χ0n) is 13.0. The van der Waals surface area contributed by atoms with Gasteiger partial charge in [-0.1, -0.05) is 33.6 Å². The summed E-state index contributed by atoms with van der Waals surface area (Å²) in [4.78, 5) is 12.3. The van der Waals surface area contributed by atoms with Gasteiger partial charge in [-0.2, -0.15) is 0 Å². The maximum Gasteiger partial charge on any atom is 0.251 e. The highest BCUT2D eigenvalue weighted by atomic mass is 79.9. The molecule has 122 valence electrons. The predicted octanol–water partition coefficient (Wildman–Crippen LogP) is 4.61. The van der Waals surface area contributed by atoms with Crippen molar-refractivity contribution in [2.24, 2.45) is 0 Å². The molecule has 0 heterocycles. The molecule has 2 aromatic carbocycles. The third-order valence-corrected chi connectivity index (χ3v) is 4.33. The van der Waals surface area contributed by atoms with Crippen molar-refractivity contribution in [2.75, 3.05) is 14.2 Å². The van der Waals surface area contributed by atoms with Gasteiger partial charge in [0.15, 0.2) is 11.5 Å². The normalized spacial score (nSPS) is 11.7. The Bertz CT molecular complexity index is 721. The van der Waals surface area contributed by atoms with Crippen molar-refractivity contribution in [2.45, 2.75) is 13.0 Å². The second-order valence-electron chi connectivity index (χ2n) is 4.93. The number of carbonyl (C=O) groups is 1. The third-order valence-electron chi connectivity index (χ3n) is 3.40. The number of halogens is 2. The molecule has 1 atom stereocenters. The number of nitrogens with one attached hydrogen (secondary N) is 1. The Morgan fingerprint density at radius 2 is 1.83 bits per heavy atom. The van der Waals surface area contributed by atoms with Gasteiger partial charge in [-0.15, -0.1) is 0 Å². The summed E-state index contributed by atoms with van der Waals surface area (Å²) in [7, 11) is 3.15. The summed E-state index contributed by atoms with van der Waals surface area (Å²) in [5.41, 5.74) is 1.40. The summed E-state index contributed by atoms with van der Waals surface area (Å²) in [5, 5.41) is 3.47. The van der Waals surface area contributed by atoms with E-state index in [2.05, 4.69) is 21.2 Å². The summed E-state index contributed by atoms with van der Waals surface area (Å²) in [6.45, 7) is 1.90. The molecule has 1 amide bonds. The third kappa shape index (κ3) is 4.18. The molecule has 0 fully saturated rings. The maximum atomic E-state index is 12.3. The molecule has 0 spiro atoms. The highest BCUT2D eigenvalue weighted by Crippen LogP contribution is 2.36. The Morgan fingerprint density at radius 1 is 1.17 bits per heavy atom. The molecule has 0 bridgehead atoms. The highest BCUT2D eigenvalue weighted by molar-refractivity contribution is 9.10. The van der Waals surface area contributed by atoms with Gasteiger partial charge in [0, 0.05) is 15.1 Å². The smallest absolute Gasteiger partial charge is 0.251 e. The molecule has 0 saturated heterocycles. The van der Waals surface area contributed by atoms with Crippen LogP contribution in [0, 0.1) is 0 Å². The van der Waals surface area contributed by atoms with E-state index in [0.717, 1.165) is 10.0 Å². The Balaban J connectivity index is 2.23. The monoisotopic (exact) mass is 397 g/mol. The van der Waals surface area contributed by atoms with Gasteiger partial charge in [-0.25, -0.2) is 0 Å². The number of hydrogen-bond donors (Lipinski definition) is 1. The van der Waals surface area contributed by atoms with Gasteiger partial charge in [0.2, 0.25) is 0 Å². The molecule has 0 aliphatic carbocycles. The van der Waals surface area contributed by atoms with Crippen molar-refractivity contribution in [1.82, 2.24) is 5.32 Å². The van der Waals surface area contributed by atoms with E-state index in [-0.39, 0.29) is 11.9 Å². The van der Waals surface area contributed by atoms with Gasteiger partial charge in [0.05, 0.1) is 20.3 Å². The second kappa shape index (κ2) is 7.70. The fourth-order valence-electron chi connectivity index (χ4n) is 2.19. The van der Waals surface area contributed by atoms with Crippen LogP contribution in [-0.4, -0.2) is 20.1 Å². The first-order chi connectivity index (χ1) is 11.0. The van der Waals surface area contributed by atoms with Gasteiger partial charge in [-0.3, -0.25) is 4.79 Å². The van der Waals surface area contributed by atoms with Crippen LogP contribution >= 0.6 is 27.5 Å². The van der Waals surface area contributed by atoms with Crippen LogP contribution in [0.25, 0.3) is 0 Å². The van der Waals surface area contributed by atoms with Crippen molar-refractivity contribution < 1.29 is 14.3 Å². The van der Waals surface area contributed by atoms with Crippen LogP contribution < -0.4 is 14.8 Å². The summed E-state index contributed by atoms with van der Waals surface area (Å²) >= 11 is 9.42. The van der Waals surface area contributed by atoms with Crippen molar-refractivity contribution in [3.05, 3.63) is 57.0 Å². The Hall–Kier alpha value is -1.72. The lowest BCUT2D eigenvalue weighted by Crippen LogP contribution is -2.26. The zero-order chi connectivity index (χ0) is 17.0. The van der Waals surface area contributed by atoms with Crippen LogP contribution in [0.2, 0.25) is 5.02 Å². The molecule has 2 rings (SSSR count). The molecular weight excluding hydrogens is 382 g/mol. The maximum absolute atomic E-state index is 12.3. The van der Waals surface area contributed by atoms with Crippen LogP contribution in [-0.2, 0) is 0 Å². The molecule has 1 unspecified atom stereocenters. The average Bonchev–Trinajstić information content (AvgIpc) is 2.54. The molecule has 0 aliphatic rings. The largest absolute Gasteiger partial charge is 0.493 e. The number of hydrogen-bond acceptors (Lipinski definition) is 3. The summed E-state index contributed by atoms with van der Waals surface area (Å²) in [6.07, 6.45) is 0. The Labute approximate surface area is 148 Å². The van der Waals surface area contributed by atoms with Crippen molar-refractivity contribution in [3.63, 3.8) is 0 Å². The molecule has 1 N–H and O–H groups in total. The molecule has 0 radical (unpaired) electrons. The van der Waals surface area contributed by atoms with Gasteiger partial charge in [0.1, 0.15) is 0 Å². The van der Waals surface area contributed by atoms with Crippen LogP contribution in [0.4, 0.5) is 0 Å². The van der Waals surface area contributed by atoms with Gasteiger partial charge < -0.3 is 14.8 Å². The fraction of sp³-hybridized carbons (Fsp3) is 0.235. The minimum absolute atomic E-state index is 0.193. The molecule has 0 aliphatic heterocycles. The minimum Gasteiger partial charge on any atom is -0.493 e. The van der Waals surface area contributed by atoms with E-state index in [9.17, 15) is 4.79 Å². The number of amides is 1. The fourth-order valence-corrected chi connectivity index (χ4v) is 3.05. The van der Waals surface area contributed by atoms with E-state index in [1.807, 2.05) is 19.1 Å². The van der Waals surface area contributed by atoms with Crippen LogP contribution in [0.5, 0.6) is 11.5 Å². The van der Waals surface area contributed by atoms with E-state index in [4.69, 9.17) is 21.1 Å². The predicted molar refractivity (Wildman–Crippen MR) is 94.6 cm³/mol. The Kier molecular flexibility index (Phi) is 5.91. The van der Waals surface area contributed by atoms with E-state index < -0.39 is 0 Å². The molecule has 2 aromatic rings. The highest BCUT2D eigenvalue weighted by Gasteiger charge is 2.17. The molecule has 4 nitrogen and oxygen atoms in total. The van der Waals surface area contributed by atoms with E-state index in [0.29, 0.717) is 22.1 Å². The van der Waals surface area contributed by atoms with Gasteiger partial charge in [0.25, 0.3) is 5.91 Å². The van der Waals surface area contributed by atoms with E-state index in [1.54, 1.807) is 38.5 Å². The van der Waals surface area contributed by atoms with Crippen molar-refractivity contribution in [3.8, 4) is 11.5 Å². The van der Waals surface area contributed by atoms with Crippen molar-refractivity contribution >= 4 is 33.4 Å². The number of carbonyl (C=O) groups excluding carboxylic acids is 1. The molecule has 0 aromatic heterocycles. The molecular formula is C17H17BrClNO3. The minimum atomic E-state index is -0.226. The first-order valence-electron chi connectivity index (χ1n) is 6.94. The lowest BCUT2D eigenvalue weighted by molar-refractivity contribution is 0.0939. The van der Waals surface area contributed by atoms with Crippen molar-refractivity contribution in [1.29, 1.82) is 0 Å². The molecule has 23 heavy (non-hydrogen) atoms. The summed E-state index contributed by atoms with van der Waals surface area (Å²) < 4.78 is 11.4. The lowest BCUT2D eigenvalue weighted by Gasteiger charge is -2.18. The number of benzene rings is 2. The van der Waals surface area contributed by atoms with Gasteiger partial charge >= 0.3 is 0 Å². The SMILES string of the molecule is COc1cc(Br)c(C(C)NC(=O)c2cccc(Cl)c2)cc1OC. The topological polar surface area (TPSA) is 47.6 Å². The van der Waals surface area contributed by atoms with E-state index >= 15 is 0 Å².